The first-order valence-electron chi connectivity index (χ1n) is 7.10. The van der Waals surface area contributed by atoms with Gasteiger partial charge < -0.3 is 4.90 Å². The second kappa shape index (κ2) is 5.72. The van der Waals surface area contributed by atoms with Crippen molar-refractivity contribution >= 4 is 5.91 Å². The van der Waals surface area contributed by atoms with E-state index in [0.717, 1.165) is 31.5 Å². The molecule has 0 spiro atoms. The average molecular weight is 263 g/mol. The van der Waals surface area contributed by atoms with Crippen LogP contribution in [0.2, 0.25) is 0 Å². The fourth-order valence-electron chi connectivity index (χ4n) is 2.63. The van der Waals surface area contributed by atoms with Crippen molar-refractivity contribution in [1.29, 1.82) is 0 Å². The summed E-state index contributed by atoms with van der Waals surface area (Å²) in [5.41, 5.74) is 2.02. The van der Waals surface area contributed by atoms with Crippen LogP contribution in [0.4, 0.5) is 4.39 Å². The van der Waals surface area contributed by atoms with Crippen LogP contribution in [0.15, 0.2) is 12.1 Å². The molecular weight excluding hydrogens is 241 g/mol. The molecule has 1 amide bonds. The van der Waals surface area contributed by atoms with Gasteiger partial charge in [0, 0.05) is 18.7 Å². The molecule has 104 valence electrons. The summed E-state index contributed by atoms with van der Waals surface area (Å²) in [6.45, 7) is 7.36. The molecule has 0 bridgehead atoms. The van der Waals surface area contributed by atoms with Crippen LogP contribution in [0.1, 0.15) is 60.5 Å². The minimum Gasteiger partial charge on any atom is -0.339 e. The summed E-state index contributed by atoms with van der Waals surface area (Å²) in [5.74, 6) is -0.0599. The topological polar surface area (TPSA) is 20.3 Å². The zero-order chi connectivity index (χ0) is 14.0. The smallest absolute Gasteiger partial charge is 0.254 e. The number of benzene rings is 1. The van der Waals surface area contributed by atoms with Crippen LogP contribution < -0.4 is 0 Å². The second-order valence-corrected chi connectivity index (χ2v) is 5.70. The van der Waals surface area contributed by atoms with E-state index in [1.807, 2.05) is 25.7 Å². The van der Waals surface area contributed by atoms with Gasteiger partial charge in [-0.05, 0) is 55.4 Å². The number of carbonyl (C=O) groups excluding carboxylic acids is 1. The first kappa shape index (κ1) is 14.0. The van der Waals surface area contributed by atoms with Gasteiger partial charge in [0.2, 0.25) is 0 Å². The second-order valence-electron chi connectivity index (χ2n) is 5.70. The van der Waals surface area contributed by atoms with Crippen molar-refractivity contribution < 1.29 is 9.18 Å². The Morgan fingerprint density at radius 2 is 1.84 bits per heavy atom. The predicted octanol–water partition coefficient (Wildman–Crippen LogP) is 3.88. The Morgan fingerprint density at radius 1 is 1.21 bits per heavy atom. The molecule has 1 aromatic rings. The number of hydrogen-bond donors (Lipinski definition) is 0. The van der Waals surface area contributed by atoms with E-state index >= 15 is 0 Å². The van der Waals surface area contributed by atoms with Crippen LogP contribution in [-0.2, 0) is 0 Å². The molecule has 0 unspecified atom stereocenters. The molecule has 1 aromatic carbocycles. The van der Waals surface area contributed by atoms with Crippen molar-refractivity contribution in [3.63, 3.8) is 0 Å². The third kappa shape index (κ3) is 2.96. The van der Waals surface area contributed by atoms with Crippen molar-refractivity contribution in [1.82, 2.24) is 4.90 Å². The number of nitrogens with zero attached hydrogens (tertiary/aromatic N) is 1. The van der Waals surface area contributed by atoms with Gasteiger partial charge in [-0.15, -0.1) is 0 Å². The molecule has 1 aliphatic heterocycles. The molecule has 2 nitrogen and oxygen atoms in total. The number of piperidine rings is 1. The van der Waals surface area contributed by atoms with Gasteiger partial charge in [0.05, 0.1) is 0 Å². The molecule has 1 heterocycles. The Labute approximate surface area is 114 Å². The minimum atomic E-state index is -0.206. The van der Waals surface area contributed by atoms with Crippen LogP contribution in [0.25, 0.3) is 0 Å². The summed E-state index contributed by atoms with van der Waals surface area (Å²) < 4.78 is 13.9. The van der Waals surface area contributed by atoms with Crippen LogP contribution in [0.5, 0.6) is 0 Å². The molecule has 0 atom stereocenters. The van der Waals surface area contributed by atoms with E-state index in [1.165, 1.54) is 12.5 Å². The van der Waals surface area contributed by atoms with E-state index in [4.69, 9.17) is 0 Å². The quantitative estimate of drug-likeness (QED) is 0.793. The van der Waals surface area contributed by atoms with Crippen LogP contribution >= 0.6 is 0 Å². The van der Waals surface area contributed by atoms with Crippen molar-refractivity contribution in [2.24, 2.45) is 0 Å². The lowest BCUT2D eigenvalue weighted by Crippen LogP contribution is -2.36. The van der Waals surface area contributed by atoms with Gasteiger partial charge in [-0.1, -0.05) is 13.8 Å². The highest BCUT2D eigenvalue weighted by Gasteiger charge is 2.21. The van der Waals surface area contributed by atoms with Gasteiger partial charge in [0.15, 0.2) is 0 Å². The van der Waals surface area contributed by atoms with Gasteiger partial charge >= 0.3 is 0 Å². The maximum Gasteiger partial charge on any atom is 0.254 e. The summed E-state index contributed by atoms with van der Waals surface area (Å²) >= 11 is 0. The Kier molecular flexibility index (Phi) is 4.23. The molecule has 0 aromatic heterocycles. The molecule has 3 heteroatoms. The van der Waals surface area contributed by atoms with E-state index < -0.39 is 0 Å². The number of amides is 1. The fourth-order valence-corrected chi connectivity index (χ4v) is 2.63. The first-order chi connectivity index (χ1) is 9.00. The number of likely N-dealkylation sites (tertiary alicyclic amines) is 1. The van der Waals surface area contributed by atoms with Crippen LogP contribution in [-0.4, -0.2) is 23.9 Å². The number of halogens is 1. The monoisotopic (exact) mass is 263 g/mol. The Bertz CT molecular complexity index is 476. The number of aryl methyl sites for hydroxylation is 1. The molecule has 1 saturated heterocycles. The first-order valence-corrected chi connectivity index (χ1v) is 7.10. The Balaban J connectivity index is 2.32. The molecule has 1 fully saturated rings. The summed E-state index contributed by atoms with van der Waals surface area (Å²) in [5, 5.41) is 0. The van der Waals surface area contributed by atoms with Crippen molar-refractivity contribution in [3.8, 4) is 0 Å². The van der Waals surface area contributed by atoms with E-state index in [0.29, 0.717) is 11.1 Å². The average Bonchev–Trinajstić information content (AvgIpc) is 2.38. The van der Waals surface area contributed by atoms with Crippen LogP contribution in [0, 0.1) is 12.7 Å². The highest BCUT2D eigenvalue weighted by molar-refractivity contribution is 5.96. The van der Waals surface area contributed by atoms with Gasteiger partial charge in [-0.2, -0.15) is 0 Å². The van der Waals surface area contributed by atoms with Crippen molar-refractivity contribution in [3.05, 3.63) is 34.6 Å². The molecule has 0 radical (unpaired) electrons. The SMILES string of the molecule is Cc1cc(F)c(C(C)C)cc1C(=O)N1CCCCC1. The number of carbonyl (C=O) groups is 1. The molecule has 0 aliphatic carbocycles. The highest BCUT2D eigenvalue weighted by atomic mass is 19.1. The normalized spacial score (nSPS) is 15.9. The van der Waals surface area contributed by atoms with E-state index in [9.17, 15) is 9.18 Å². The van der Waals surface area contributed by atoms with Crippen LogP contribution in [0.3, 0.4) is 0 Å². The zero-order valence-corrected chi connectivity index (χ0v) is 12.0. The number of rotatable bonds is 2. The minimum absolute atomic E-state index is 0.0547. The summed E-state index contributed by atoms with van der Waals surface area (Å²) in [4.78, 5) is 14.4. The molecule has 0 saturated carbocycles. The largest absolute Gasteiger partial charge is 0.339 e. The lowest BCUT2D eigenvalue weighted by Gasteiger charge is -2.27. The maximum atomic E-state index is 13.9. The lowest BCUT2D eigenvalue weighted by atomic mass is 9.96. The van der Waals surface area contributed by atoms with E-state index in [1.54, 1.807) is 6.07 Å². The molecule has 19 heavy (non-hydrogen) atoms. The van der Waals surface area contributed by atoms with Crippen molar-refractivity contribution in [2.45, 2.75) is 46.0 Å². The molecule has 0 N–H and O–H groups in total. The molecule has 1 aliphatic rings. The van der Waals surface area contributed by atoms with Gasteiger partial charge in [-0.3, -0.25) is 4.79 Å². The summed E-state index contributed by atoms with van der Waals surface area (Å²) in [6, 6.07) is 3.23. The van der Waals surface area contributed by atoms with E-state index in [2.05, 4.69) is 0 Å². The Morgan fingerprint density at radius 3 is 2.42 bits per heavy atom. The van der Waals surface area contributed by atoms with Crippen molar-refractivity contribution in [2.75, 3.05) is 13.1 Å². The van der Waals surface area contributed by atoms with E-state index in [-0.39, 0.29) is 17.6 Å². The molecule has 2 rings (SSSR count). The maximum absolute atomic E-state index is 13.9. The Hall–Kier alpha value is -1.38. The standard InChI is InChI=1S/C16H22FNO/c1-11(2)13-10-14(12(3)9-15(13)17)16(19)18-7-5-4-6-8-18/h9-11H,4-8H2,1-3H3. The highest BCUT2D eigenvalue weighted by Crippen LogP contribution is 2.24. The zero-order valence-electron chi connectivity index (χ0n) is 12.0. The van der Waals surface area contributed by atoms with Gasteiger partial charge in [0.1, 0.15) is 5.82 Å². The third-order valence-corrected chi connectivity index (χ3v) is 3.84. The number of hydrogen-bond acceptors (Lipinski definition) is 1. The summed E-state index contributed by atoms with van der Waals surface area (Å²) in [7, 11) is 0. The lowest BCUT2D eigenvalue weighted by molar-refractivity contribution is 0.0723. The predicted molar refractivity (Wildman–Crippen MR) is 75.0 cm³/mol. The van der Waals surface area contributed by atoms with Gasteiger partial charge in [0.25, 0.3) is 5.91 Å². The molecular formula is C16H22FNO. The third-order valence-electron chi connectivity index (χ3n) is 3.84. The van der Waals surface area contributed by atoms with Gasteiger partial charge in [-0.25, -0.2) is 4.39 Å². The fraction of sp³-hybridized carbons (Fsp3) is 0.562. The summed E-state index contributed by atoms with van der Waals surface area (Å²) in [6.07, 6.45) is 3.34.